The standard InChI is InChI=1S/C19H25N7OS/c1-4-25(5-2)18(15-8-9-28-12-15)11-20-19(27)22-17-10-16(7-6-14(17)3)26-13-21-23-24-26/h6-10,12-13,18H,4-5,11H2,1-3H3,(H2,20,22,27)/t18-/m1/s1. The molecule has 0 fully saturated rings. The Kier molecular flexibility index (Phi) is 6.72. The van der Waals surface area contributed by atoms with Crippen LogP contribution in [-0.2, 0) is 0 Å². The summed E-state index contributed by atoms with van der Waals surface area (Å²) >= 11 is 1.67. The van der Waals surface area contributed by atoms with Crippen molar-refractivity contribution in [2.24, 2.45) is 0 Å². The van der Waals surface area contributed by atoms with E-state index in [9.17, 15) is 4.79 Å². The molecule has 28 heavy (non-hydrogen) atoms. The highest BCUT2D eigenvalue weighted by molar-refractivity contribution is 7.07. The first-order chi connectivity index (χ1) is 13.6. The van der Waals surface area contributed by atoms with Crippen LogP contribution in [0.25, 0.3) is 5.69 Å². The zero-order chi connectivity index (χ0) is 19.9. The third-order valence-corrected chi connectivity index (χ3v) is 5.42. The van der Waals surface area contributed by atoms with Gasteiger partial charge in [-0.25, -0.2) is 9.48 Å². The number of benzene rings is 1. The predicted molar refractivity (Wildman–Crippen MR) is 111 cm³/mol. The lowest BCUT2D eigenvalue weighted by Gasteiger charge is -2.29. The van der Waals surface area contributed by atoms with Crippen LogP contribution in [0.15, 0.2) is 41.4 Å². The zero-order valence-corrected chi connectivity index (χ0v) is 17.1. The molecule has 0 unspecified atom stereocenters. The van der Waals surface area contributed by atoms with Crippen molar-refractivity contribution in [3.63, 3.8) is 0 Å². The van der Waals surface area contributed by atoms with Crippen molar-refractivity contribution in [1.82, 2.24) is 30.4 Å². The van der Waals surface area contributed by atoms with E-state index in [1.807, 2.05) is 25.1 Å². The van der Waals surface area contributed by atoms with Gasteiger partial charge in [-0.15, -0.1) is 5.10 Å². The number of carbonyl (C=O) groups is 1. The second-order valence-electron chi connectivity index (χ2n) is 6.38. The molecular weight excluding hydrogens is 374 g/mol. The summed E-state index contributed by atoms with van der Waals surface area (Å²) in [5.74, 6) is 0. The molecule has 0 radical (unpaired) electrons. The van der Waals surface area contributed by atoms with E-state index < -0.39 is 0 Å². The van der Waals surface area contributed by atoms with E-state index in [0.29, 0.717) is 6.54 Å². The largest absolute Gasteiger partial charge is 0.336 e. The maximum Gasteiger partial charge on any atom is 0.319 e. The number of rotatable bonds is 8. The van der Waals surface area contributed by atoms with Crippen LogP contribution in [-0.4, -0.2) is 50.8 Å². The van der Waals surface area contributed by atoms with Gasteiger partial charge in [-0.3, -0.25) is 4.90 Å². The van der Waals surface area contributed by atoms with Gasteiger partial charge in [0.25, 0.3) is 0 Å². The van der Waals surface area contributed by atoms with E-state index in [-0.39, 0.29) is 12.1 Å². The van der Waals surface area contributed by atoms with E-state index in [2.05, 4.69) is 61.7 Å². The number of hydrogen-bond acceptors (Lipinski definition) is 6. The number of nitrogens with zero attached hydrogens (tertiary/aromatic N) is 5. The third-order valence-electron chi connectivity index (χ3n) is 4.72. The van der Waals surface area contributed by atoms with Crippen LogP contribution < -0.4 is 10.6 Å². The van der Waals surface area contributed by atoms with Gasteiger partial charge in [0.2, 0.25) is 0 Å². The number of thiophene rings is 1. The Morgan fingerprint density at radius 3 is 2.75 bits per heavy atom. The van der Waals surface area contributed by atoms with Crippen LogP contribution in [0.4, 0.5) is 10.5 Å². The first-order valence-corrected chi connectivity index (χ1v) is 10.2. The molecular formula is C19H25N7OS. The minimum atomic E-state index is -0.232. The molecule has 0 bridgehead atoms. The maximum absolute atomic E-state index is 12.6. The Bertz CT molecular complexity index is 876. The summed E-state index contributed by atoms with van der Waals surface area (Å²) in [5, 5.41) is 21.3. The molecule has 2 aromatic heterocycles. The van der Waals surface area contributed by atoms with Gasteiger partial charge >= 0.3 is 6.03 Å². The minimum absolute atomic E-state index is 0.153. The second kappa shape index (κ2) is 9.43. The van der Waals surface area contributed by atoms with Crippen molar-refractivity contribution >= 4 is 23.1 Å². The molecule has 9 heteroatoms. The Hall–Kier alpha value is -2.78. The molecule has 2 heterocycles. The van der Waals surface area contributed by atoms with Crippen LogP contribution in [0.2, 0.25) is 0 Å². The van der Waals surface area contributed by atoms with E-state index in [0.717, 1.165) is 30.0 Å². The number of anilines is 1. The average molecular weight is 400 g/mol. The van der Waals surface area contributed by atoms with E-state index in [1.54, 1.807) is 16.0 Å². The summed E-state index contributed by atoms with van der Waals surface area (Å²) in [6.07, 6.45) is 1.52. The molecule has 3 aromatic rings. The zero-order valence-electron chi connectivity index (χ0n) is 16.3. The van der Waals surface area contributed by atoms with Gasteiger partial charge in [0.15, 0.2) is 0 Å². The lowest BCUT2D eigenvalue weighted by molar-refractivity contribution is 0.210. The summed E-state index contributed by atoms with van der Waals surface area (Å²) in [4.78, 5) is 14.9. The van der Waals surface area contributed by atoms with Gasteiger partial charge < -0.3 is 10.6 Å². The van der Waals surface area contributed by atoms with Crippen LogP contribution in [0.5, 0.6) is 0 Å². The number of nitrogens with one attached hydrogen (secondary N) is 2. The molecule has 0 aliphatic carbocycles. The SMILES string of the molecule is CCN(CC)[C@H](CNC(=O)Nc1cc(-n2cnnn2)ccc1C)c1ccsc1. The van der Waals surface area contributed by atoms with E-state index in [1.165, 1.54) is 11.9 Å². The highest BCUT2D eigenvalue weighted by Gasteiger charge is 2.19. The Morgan fingerprint density at radius 1 is 1.29 bits per heavy atom. The number of hydrogen-bond donors (Lipinski definition) is 2. The number of aryl methyl sites for hydroxylation is 1. The van der Waals surface area contributed by atoms with E-state index >= 15 is 0 Å². The number of tetrazole rings is 1. The highest BCUT2D eigenvalue weighted by atomic mass is 32.1. The maximum atomic E-state index is 12.6. The molecule has 148 valence electrons. The fourth-order valence-corrected chi connectivity index (χ4v) is 3.82. The Morgan fingerprint density at radius 2 is 2.11 bits per heavy atom. The van der Waals surface area contributed by atoms with E-state index in [4.69, 9.17) is 0 Å². The van der Waals surface area contributed by atoms with Crippen molar-refractivity contribution < 1.29 is 4.79 Å². The molecule has 0 saturated heterocycles. The first-order valence-electron chi connectivity index (χ1n) is 9.27. The van der Waals surface area contributed by atoms with Crippen molar-refractivity contribution in [2.75, 3.05) is 25.0 Å². The molecule has 0 spiro atoms. The van der Waals surface area contributed by atoms with Crippen LogP contribution in [0.1, 0.15) is 31.0 Å². The summed E-state index contributed by atoms with van der Waals surface area (Å²) in [6, 6.07) is 7.72. The van der Waals surface area contributed by atoms with Crippen molar-refractivity contribution in [2.45, 2.75) is 26.8 Å². The molecule has 0 saturated carbocycles. The fourth-order valence-electron chi connectivity index (χ4n) is 3.11. The number of likely N-dealkylation sites (N-methyl/N-ethyl adjacent to an activating group) is 1. The van der Waals surface area contributed by atoms with Crippen molar-refractivity contribution in [3.05, 3.63) is 52.5 Å². The molecule has 1 aromatic carbocycles. The summed E-state index contributed by atoms with van der Waals surface area (Å²) in [7, 11) is 0. The van der Waals surface area contributed by atoms with Crippen LogP contribution in [0, 0.1) is 6.92 Å². The predicted octanol–water partition coefficient (Wildman–Crippen LogP) is 3.24. The molecule has 2 N–H and O–H groups in total. The number of aromatic nitrogens is 4. The van der Waals surface area contributed by atoms with Gasteiger partial charge in [0.05, 0.1) is 11.7 Å². The fraction of sp³-hybridized carbons (Fsp3) is 0.368. The van der Waals surface area contributed by atoms with Gasteiger partial charge in [-0.2, -0.15) is 11.3 Å². The van der Waals surface area contributed by atoms with Crippen LogP contribution in [0.3, 0.4) is 0 Å². The summed E-state index contributed by atoms with van der Waals surface area (Å²) in [6.45, 7) is 8.60. The molecule has 3 rings (SSSR count). The first kappa shape index (κ1) is 20.0. The quantitative estimate of drug-likeness (QED) is 0.607. The molecule has 0 aliphatic rings. The Balaban J connectivity index is 1.67. The number of urea groups is 1. The monoisotopic (exact) mass is 399 g/mol. The highest BCUT2D eigenvalue weighted by Crippen LogP contribution is 2.23. The topological polar surface area (TPSA) is 88.0 Å². The van der Waals surface area contributed by atoms with Gasteiger partial charge in [-0.05, 0) is 70.5 Å². The molecule has 1 atom stereocenters. The molecule has 8 nitrogen and oxygen atoms in total. The normalized spacial score (nSPS) is 12.1. The number of carbonyl (C=O) groups excluding carboxylic acids is 1. The molecule has 0 aliphatic heterocycles. The number of amides is 2. The smallest absolute Gasteiger partial charge is 0.319 e. The lowest BCUT2D eigenvalue weighted by atomic mass is 10.1. The van der Waals surface area contributed by atoms with Gasteiger partial charge in [0, 0.05) is 12.2 Å². The van der Waals surface area contributed by atoms with Crippen LogP contribution >= 0.6 is 11.3 Å². The minimum Gasteiger partial charge on any atom is -0.336 e. The van der Waals surface area contributed by atoms with Gasteiger partial charge in [0.1, 0.15) is 6.33 Å². The molecule has 2 amide bonds. The summed E-state index contributed by atoms with van der Waals surface area (Å²) < 4.78 is 1.55. The summed E-state index contributed by atoms with van der Waals surface area (Å²) in [5.41, 5.74) is 3.70. The van der Waals surface area contributed by atoms with Crippen molar-refractivity contribution in [3.8, 4) is 5.69 Å². The Labute approximate surface area is 168 Å². The second-order valence-corrected chi connectivity index (χ2v) is 7.16. The third kappa shape index (κ3) is 4.73. The average Bonchev–Trinajstić information content (AvgIpc) is 3.41. The lowest BCUT2D eigenvalue weighted by Crippen LogP contribution is -2.39. The van der Waals surface area contributed by atoms with Gasteiger partial charge in [-0.1, -0.05) is 19.9 Å². The van der Waals surface area contributed by atoms with Crippen molar-refractivity contribution in [1.29, 1.82) is 0 Å².